The Morgan fingerprint density at radius 2 is 1.80 bits per heavy atom. The van der Waals surface area contributed by atoms with Crippen LogP contribution in [0.2, 0.25) is 0 Å². The first kappa shape index (κ1) is 15.3. The predicted octanol–water partition coefficient (Wildman–Crippen LogP) is 1.68. The molecule has 20 heavy (non-hydrogen) atoms. The van der Waals surface area contributed by atoms with E-state index in [1.165, 1.54) is 16.7 Å². The first-order valence-electron chi connectivity index (χ1n) is 7.65. The monoisotopic (exact) mass is 278 g/mol. The SMILES string of the molecule is Cc1cc(C)c(C)c(OCC[NH+]2C[C@H](C)O[C@@H](C)C2)c1. The molecule has 2 rings (SSSR count). The topological polar surface area (TPSA) is 22.9 Å². The molecule has 112 valence electrons. The molecule has 0 unspecified atom stereocenters. The summed E-state index contributed by atoms with van der Waals surface area (Å²) in [5, 5.41) is 0. The Bertz CT molecular complexity index is 449. The van der Waals surface area contributed by atoms with Crippen LogP contribution >= 0.6 is 0 Å². The number of rotatable bonds is 4. The molecule has 1 N–H and O–H groups in total. The zero-order valence-electron chi connectivity index (χ0n) is 13.5. The Morgan fingerprint density at radius 1 is 1.15 bits per heavy atom. The van der Waals surface area contributed by atoms with Gasteiger partial charge in [-0.2, -0.15) is 0 Å². The van der Waals surface area contributed by atoms with Crippen molar-refractivity contribution in [3.05, 3.63) is 28.8 Å². The summed E-state index contributed by atoms with van der Waals surface area (Å²) in [5.74, 6) is 1.04. The first-order valence-corrected chi connectivity index (χ1v) is 7.65. The molecule has 0 saturated carbocycles. The minimum atomic E-state index is 0.358. The van der Waals surface area contributed by atoms with Gasteiger partial charge in [-0.15, -0.1) is 0 Å². The van der Waals surface area contributed by atoms with Crippen molar-refractivity contribution in [1.82, 2.24) is 0 Å². The van der Waals surface area contributed by atoms with Crippen molar-refractivity contribution < 1.29 is 14.4 Å². The van der Waals surface area contributed by atoms with Crippen molar-refractivity contribution in [3.63, 3.8) is 0 Å². The molecule has 1 fully saturated rings. The van der Waals surface area contributed by atoms with Crippen molar-refractivity contribution in [2.45, 2.75) is 46.8 Å². The number of aryl methyl sites for hydroxylation is 2. The molecule has 2 atom stereocenters. The van der Waals surface area contributed by atoms with E-state index >= 15 is 0 Å². The highest BCUT2D eigenvalue weighted by atomic mass is 16.5. The van der Waals surface area contributed by atoms with Gasteiger partial charge in [0.2, 0.25) is 0 Å². The third-order valence-corrected chi connectivity index (χ3v) is 4.09. The van der Waals surface area contributed by atoms with E-state index < -0.39 is 0 Å². The summed E-state index contributed by atoms with van der Waals surface area (Å²) in [6, 6.07) is 4.35. The summed E-state index contributed by atoms with van der Waals surface area (Å²) >= 11 is 0. The largest absolute Gasteiger partial charge is 0.487 e. The quantitative estimate of drug-likeness (QED) is 0.905. The maximum absolute atomic E-state index is 6.01. The lowest BCUT2D eigenvalue weighted by Crippen LogP contribution is -3.16. The van der Waals surface area contributed by atoms with E-state index in [9.17, 15) is 0 Å². The normalized spacial score (nSPS) is 26.6. The fourth-order valence-electron chi connectivity index (χ4n) is 3.05. The van der Waals surface area contributed by atoms with Gasteiger partial charge in [0.05, 0.1) is 0 Å². The van der Waals surface area contributed by atoms with E-state index in [-0.39, 0.29) is 0 Å². The average molecular weight is 278 g/mol. The number of morpholine rings is 1. The van der Waals surface area contributed by atoms with Crippen LogP contribution in [0.3, 0.4) is 0 Å². The van der Waals surface area contributed by atoms with Gasteiger partial charge < -0.3 is 14.4 Å². The number of ether oxygens (including phenoxy) is 2. The molecule has 0 bridgehead atoms. The van der Waals surface area contributed by atoms with E-state index in [0.717, 1.165) is 32.0 Å². The summed E-state index contributed by atoms with van der Waals surface area (Å²) in [4.78, 5) is 1.58. The summed E-state index contributed by atoms with van der Waals surface area (Å²) in [6.07, 6.45) is 0.716. The van der Waals surface area contributed by atoms with Crippen LogP contribution in [-0.4, -0.2) is 38.4 Å². The molecular weight excluding hydrogens is 250 g/mol. The summed E-state index contributed by atoms with van der Waals surface area (Å²) < 4.78 is 11.8. The van der Waals surface area contributed by atoms with Crippen LogP contribution in [0.1, 0.15) is 30.5 Å². The predicted molar refractivity (Wildman–Crippen MR) is 81.7 cm³/mol. The number of nitrogens with one attached hydrogen (secondary N) is 1. The van der Waals surface area contributed by atoms with Gasteiger partial charge in [0.15, 0.2) is 0 Å². The molecule has 0 amide bonds. The van der Waals surface area contributed by atoms with E-state index in [1.54, 1.807) is 4.90 Å². The van der Waals surface area contributed by atoms with Gasteiger partial charge in [-0.05, 0) is 57.4 Å². The third kappa shape index (κ3) is 3.97. The van der Waals surface area contributed by atoms with Crippen molar-refractivity contribution in [1.29, 1.82) is 0 Å². The van der Waals surface area contributed by atoms with E-state index in [1.807, 2.05) is 0 Å². The van der Waals surface area contributed by atoms with Crippen molar-refractivity contribution in [3.8, 4) is 5.75 Å². The minimum Gasteiger partial charge on any atom is -0.487 e. The highest BCUT2D eigenvalue weighted by Gasteiger charge is 2.25. The zero-order chi connectivity index (χ0) is 14.7. The zero-order valence-corrected chi connectivity index (χ0v) is 13.5. The van der Waals surface area contributed by atoms with Gasteiger partial charge in [0.1, 0.15) is 44.2 Å². The molecule has 0 aromatic heterocycles. The molecule has 3 heteroatoms. The highest BCUT2D eigenvalue weighted by molar-refractivity contribution is 5.41. The molecule has 0 aliphatic carbocycles. The molecular formula is C17H28NO2+. The van der Waals surface area contributed by atoms with E-state index in [0.29, 0.717) is 12.2 Å². The van der Waals surface area contributed by atoms with Crippen LogP contribution < -0.4 is 9.64 Å². The minimum absolute atomic E-state index is 0.358. The van der Waals surface area contributed by atoms with Gasteiger partial charge in [0.25, 0.3) is 0 Å². The van der Waals surface area contributed by atoms with Crippen LogP contribution in [-0.2, 0) is 4.74 Å². The molecule has 1 aliphatic heterocycles. The maximum Gasteiger partial charge on any atom is 0.137 e. The maximum atomic E-state index is 6.01. The Labute approximate surface area is 122 Å². The molecule has 3 nitrogen and oxygen atoms in total. The fraction of sp³-hybridized carbons (Fsp3) is 0.647. The third-order valence-electron chi connectivity index (χ3n) is 4.09. The second-order valence-electron chi connectivity index (χ2n) is 6.22. The molecule has 1 heterocycles. The highest BCUT2D eigenvalue weighted by Crippen LogP contribution is 2.22. The fourth-order valence-corrected chi connectivity index (χ4v) is 3.05. The second kappa shape index (κ2) is 6.59. The van der Waals surface area contributed by atoms with Gasteiger partial charge in [-0.3, -0.25) is 0 Å². The number of hydrogen-bond acceptors (Lipinski definition) is 2. The van der Waals surface area contributed by atoms with Crippen LogP contribution in [0.15, 0.2) is 12.1 Å². The lowest BCUT2D eigenvalue weighted by atomic mass is 10.1. The lowest BCUT2D eigenvalue weighted by Gasteiger charge is -2.32. The molecule has 1 aromatic carbocycles. The van der Waals surface area contributed by atoms with Crippen LogP contribution in [0.5, 0.6) is 5.75 Å². The molecule has 1 aromatic rings. The van der Waals surface area contributed by atoms with E-state index in [4.69, 9.17) is 9.47 Å². The van der Waals surface area contributed by atoms with Gasteiger partial charge >= 0.3 is 0 Å². The van der Waals surface area contributed by atoms with Gasteiger partial charge in [-0.25, -0.2) is 0 Å². The Balaban J connectivity index is 1.87. The van der Waals surface area contributed by atoms with Crippen LogP contribution in [0.25, 0.3) is 0 Å². The Morgan fingerprint density at radius 3 is 2.45 bits per heavy atom. The van der Waals surface area contributed by atoms with Crippen LogP contribution in [0.4, 0.5) is 0 Å². The number of benzene rings is 1. The smallest absolute Gasteiger partial charge is 0.137 e. The van der Waals surface area contributed by atoms with Crippen LogP contribution in [0, 0.1) is 20.8 Å². The number of quaternary nitrogens is 1. The van der Waals surface area contributed by atoms with E-state index in [2.05, 4.69) is 46.8 Å². The Hall–Kier alpha value is -1.06. The lowest BCUT2D eigenvalue weighted by molar-refractivity contribution is -0.915. The van der Waals surface area contributed by atoms with Crippen molar-refractivity contribution >= 4 is 0 Å². The molecule has 1 saturated heterocycles. The summed E-state index contributed by atoms with van der Waals surface area (Å²) in [7, 11) is 0. The molecule has 1 aliphatic rings. The molecule has 0 radical (unpaired) electrons. The Kier molecular flexibility index (Phi) is 5.06. The molecule has 0 spiro atoms. The number of hydrogen-bond donors (Lipinski definition) is 1. The second-order valence-corrected chi connectivity index (χ2v) is 6.22. The summed E-state index contributed by atoms with van der Waals surface area (Å²) in [5.41, 5.74) is 3.83. The van der Waals surface area contributed by atoms with Gasteiger partial charge in [0, 0.05) is 0 Å². The first-order chi connectivity index (χ1) is 9.45. The van der Waals surface area contributed by atoms with Crippen molar-refractivity contribution in [2.24, 2.45) is 0 Å². The standard InChI is InChI=1S/C17H27NO2/c1-12-8-13(2)16(5)17(9-12)19-7-6-18-10-14(3)20-15(4)11-18/h8-9,14-15H,6-7,10-11H2,1-5H3/p+1/t14-,15-/m0/s1. The van der Waals surface area contributed by atoms with Crippen molar-refractivity contribution in [2.75, 3.05) is 26.2 Å². The average Bonchev–Trinajstić information content (AvgIpc) is 2.34. The van der Waals surface area contributed by atoms with Gasteiger partial charge in [-0.1, -0.05) is 6.07 Å². The summed E-state index contributed by atoms with van der Waals surface area (Å²) in [6.45, 7) is 14.7.